The number of halogens is 3. The molecular formula is C8H9Br2ClN4. The number of hydrogen-bond acceptors (Lipinski definition) is 4. The van der Waals surface area contributed by atoms with Crippen molar-refractivity contribution in [3.05, 3.63) is 21.2 Å². The Kier molecular flexibility index (Phi) is 4.82. The van der Waals surface area contributed by atoms with Crippen LogP contribution in [0.5, 0.6) is 0 Å². The first kappa shape index (κ1) is 12.7. The minimum absolute atomic E-state index is 0. The number of guanidine groups is 1. The Morgan fingerprint density at radius 1 is 1.40 bits per heavy atom. The molecule has 1 aromatic heterocycles. The van der Waals surface area contributed by atoms with Gasteiger partial charge in [-0.15, -0.1) is 12.4 Å². The minimum Gasteiger partial charge on any atom is -0.354 e. The Balaban J connectivity index is 0.00000112. The summed E-state index contributed by atoms with van der Waals surface area (Å²) in [6, 6.07) is 1.94. The molecule has 1 aliphatic heterocycles. The molecule has 0 aliphatic carbocycles. The van der Waals surface area contributed by atoms with E-state index < -0.39 is 0 Å². The lowest BCUT2D eigenvalue weighted by Crippen LogP contribution is -2.26. The van der Waals surface area contributed by atoms with Crippen LogP contribution >= 0.6 is 44.3 Å². The van der Waals surface area contributed by atoms with Crippen LogP contribution < -0.4 is 10.6 Å². The van der Waals surface area contributed by atoms with Crippen molar-refractivity contribution in [2.45, 2.75) is 0 Å². The molecule has 82 valence electrons. The van der Waals surface area contributed by atoms with E-state index in [2.05, 4.69) is 52.5 Å². The first-order valence-corrected chi connectivity index (χ1v) is 5.71. The van der Waals surface area contributed by atoms with Crippen molar-refractivity contribution in [2.24, 2.45) is 4.99 Å². The molecule has 0 fully saturated rings. The van der Waals surface area contributed by atoms with E-state index >= 15 is 0 Å². The number of aromatic nitrogens is 1. The average Bonchev–Trinajstić information content (AvgIpc) is 2.62. The van der Waals surface area contributed by atoms with Crippen LogP contribution in [0.4, 0.5) is 5.82 Å². The summed E-state index contributed by atoms with van der Waals surface area (Å²) in [5.74, 6) is 1.54. The molecule has 0 bridgehead atoms. The van der Waals surface area contributed by atoms with Crippen LogP contribution in [-0.2, 0) is 0 Å². The molecule has 1 aromatic rings. The van der Waals surface area contributed by atoms with Crippen LogP contribution in [0.3, 0.4) is 0 Å². The molecule has 1 aliphatic rings. The van der Waals surface area contributed by atoms with Gasteiger partial charge in [-0.25, -0.2) is 4.98 Å². The summed E-state index contributed by atoms with van der Waals surface area (Å²) < 4.78 is 1.85. The van der Waals surface area contributed by atoms with Gasteiger partial charge in [0.2, 0.25) is 0 Å². The van der Waals surface area contributed by atoms with E-state index in [1.54, 1.807) is 6.20 Å². The predicted octanol–water partition coefficient (Wildman–Crippen LogP) is 2.40. The Labute approximate surface area is 111 Å². The van der Waals surface area contributed by atoms with Crippen molar-refractivity contribution in [3.8, 4) is 0 Å². The van der Waals surface area contributed by atoms with Crippen molar-refractivity contribution in [2.75, 3.05) is 18.4 Å². The molecule has 0 radical (unpaired) electrons. The van der Waals surface area contributed by atoms with E-state index in [0.29, 0.717) is 0 Å². The topological polar surface area (TPSA) is 49.3 Å². The Morgan fingerprint density at radius 2 is 2.20 bits per heavy atom. The zero-order chi connectivity index (χ0) is 9.97. The first-order chi connectivity index (χ1) is 6.75. The molecule has 0 aromatic carbocycles. The van der Waals surface area contributed by atoms with Gasteiger partial charge in [-0.05, 0) is 37.9 Å². The van der Waals surface area contributed by atoms with Crippen LogP contribution in [0.15, 0.2) is 26.2 Å². The molecule has 2 rings (SSSR count). The van der Waals surface area contributed by atoms with E-state index in [1.807, 2.05) is 6.07 Å². The summed E-state index contributed by atoms with van der Waals surface area (Å²) in [5.41, 5.74) is 0. The van der Waals surface area contributed by atoms with Gasteiger partial charge in [-0.1, -0.05) is 0 Å². The molecule has 0 saturated heterocycles. The lowest BCUT2D eigenvalue weighted by Gasteiger charge is -2.07. The fourth-order valence-corrected chi connectivity index (χ4v) is 2.19. The number of pyridine rings is 1. The third-order valence-electron chi connectivity index (χ3n) is 1.72. The summed E-state index contributed by atoms with van der Waals surface area (Å²) in [5, 5.41) is 6.21. The lowest BCUT2D eigenvalue weighted by atomic mass is 10.4. The van der Waals surface area contributed by atoms with Crippen LogP contribution in [0, 0.1) is 0 Å². The highest BCUT2D eigenvalue weighted by Crippen LogP contribution is 2.23. The van der Waals surface area contributed by atoms with Gasteiger partial charge < -0.3 is 10.6 Å². The smallest absolute Gasteiger partial charge is 0.197 e. The molecule has 7 heteroatoms. The summed E-state index contributed by atoms with van der Waals surface area (Å²) in [4.78, 5) is 8.43. The Morgan fingerprint density at radius 3 is 2.80 bits per heavy atom. The van der Waals surface area contributed by atoms with Crippen LogP contribution in [0.1, 0.15) is 0 Å². The quantitative estimate of drug-likeness (QED) is 0.812. The second kappa shape index (κ2) is 5.67. The second-order valence-corrected chi connectivity index (χ2v) is 4.54. The number of aliphatic imine (C=N–C) groups is 1. The van der Waals surface area contributed by atoms with Gasteiger partial charge in [-0.3, -0.25) is 4.99 Å². The molecule has 4 nitrogen and oxygen atoms in total. The SMILES string of the molecule is Brc1cnc(NC2=NCCN2)c(Br)c1.Cl. The van der Waals surface area contributed by atoms with Gasteiger partial charge in [0.05, 0.1) is 11.0 Å². The monoisotopic (exact) mass is 354 g/mol. The lowest BCUT2D eigenvalue weighted by molar-refractivity contribution is 0.958. The average molecular weight is 356 g/mol. The first-order valence-electron chi connectivity index (χ1n) is 4.12. The van der Waals surface area contributed by atoms with E-state index in [9.17, 15) is 0 Å². The molecule has 2 heterocycles. The van der Waals surface area contributed by atoms with Crippen LogP contribution in [0.2, 0.25) is 0 Å². The standard InChI is InChI=1S/C8H8Br2N4.ClH/c9-5-3-6(10)7(13-4-5)14-8-11-1-2-12-8;/h3-4H,1-2H2,(H2,11,12,13,14);1H. The van der Waals surface area contributed by atoms with Crippen molar-refractivity contribution >= 4 is 56.0 Å². The maximum absolute atomic E-state index is 4.22. The summed E-state index contributed by atoms with van der Waals surface area (Å²) >= 11 is 6.76. The van der Waals surface area contributed by atoms with Crippen LogP contribution in [-0.4, -0.2) is 24.0 Å². The molecule has 0 saturated carbocycles. The van der Waals surface area contributed by atoms with Crippen molar-refractivity contribution < 1.29 is 0 Å². The predicted molar refractivity (Wildman–Crippen MR) is 70.8 cm³/mol. The summed E-state index contributed by atoms with van der Waals surface area (Å²) in [7, 11) is 0. The molecule has 0 spiro atoms. The second-order valence-electron chi connectivity index (χ2n) is 2.77. The normalized spacial score (nSPS) is 13.9. The highest BCUT2D eigenvalue weighted by molar-refractivity contribution is 9.11. The zero-order valence-corrected chi connectivity index (χ0v) is 11.6. The van der Waals surface area contributed by atoms with Gasteiger partial charge in [0.15, 0.2) is 5.96 Å². The van der Waals surface area contributed by atoms with Gasteiger partial charge >= 0.3 is 0 Å². The van der Waals surface area contributed by atoms with Gasteiger partial charge in [0, 0.05) is 17.2 Å². The molecule has 15 heavy (non-hydrogen) atoms. The van der Waals surface area contributed by atoms with Crippen molar-refractivity contribution in [1.29, 1.82) is 0 Å². The zero-order valence-electron chi connectivity index (χ0n) is 7.63. The number of nitrogens with one attached hydrogen (secondary N) is 2. The fourth-order valence-electron chi connectivity index (χ4n) is 1.10. The largest absolute Gasteiger partial charge is 0.354 e. The maximum Gasteiger partial charge on any atom is 0.197 e. The highest BCUT2D eigenvalue weighted by Gasteiger charge is 2.08. The summed E-state index contributed by atoms with van der Waals surface area (Å²) in [6.07, 6.45) is 1.74. The third kappa shape index (κ3) is 3.32. The minimum atomic E-state index is 0. The Hall–Kier alpha value is -0.330. The molecule has 0 atom stereocenters. The number of nitrogens with zero attached hydrogens (tertiary/aromatic N) is 2. The highest BCUT2D eigenvalue weighted by atomic mass is 79.9. The van der Waals surface area contributed by atoms with Crippen LogP contribution in [0.25, 0.3) is 0 Å². The third-order valence-corrected chi connectivity index (χ3v) is 2.76. The van der Waals surface area contributed by atoms with E-state index in [1.165, 1.54) is 0 Å². The summed E-state index contributed by atoms with van der Waals surface area (Å²) in [6.45, 7) is 1.70. The van der Waals surface area contributed by atoms with E-state index in [4.69, 9.17) is 0 Å². The van der Waals surface area contributed by atoms with E-state index in [0.717, 1.165) is 33.8 Å². The van der Waals surface area contributed by atoms with Gasteiger partial charge in [0.25, 0.3) is 0 Å². The van der Waals surface area contributed by atoms with Gasteiger partial charge in [-0.2, -0.15) is 0 Å². The van der Waals surface area contributed by atoms with E-state index in [-0.39, 0.29) is 12.4 Å². The molecule has 0 amide bonds. The fraction of sp³-hybridized carbons (Fsp3) is 0.250. The number of anilines is 1. The van der Waals surface area contributed by atoms with Gasteiger partial charge in [0.1, 0.15) is 5.82 Å². The van der Waals surface area contributed by atoms with Crippen molar-refractivity contribution in [3.63, 3.8) is 0 Å². The Bertz CT molecular complexity index is 383. The molecule has 0 unspecified atom stereocenters. The molecular weight excluding hydrogens is 347 g/mol. The number of rotatable bonds is 1. The number of hydrogen-bond donors (Lipinski definition) is 2. The maximum atomic E-state index is 4.22. The molecule has 2 N–H and O–H groups in total. The van der Waals surface area contributed by atoms with Crippen molar-refractivity contribution in [1.82, 2.24) is 10.3 Å².